The van der Waals surface area contributed by atoms with E-state index in [2.05, 4.69) is 17.0 Å². The van der Waals surface area contributed by atoms with Gasteiger partial charge in [0, 0.05) is 18.8 Å². The van der Waals surface area contributed by atoms with Crippen LogP contribution in [0.4, 0.5) is 5.69 Å². The Labute approximate surface area is 97.2 Å². The van der Waals surface area contributed by atoms with Gasteiger partial charge in [0.1, 0.15) is 5.75 Å². The van der Waals surface area contributed by atoms with Crippen LogP contribution in [-0.2, 0) is 0 Å². The molecular formula is C13H20N2O. The predicted octanol–water partition coefficient (Wildman–Crippen LogP) is 1.87. The quantitative estimate of drug-likeness (QED) is 0.842. The number of rotatable bonds is 4. The summed E-state index contributed by atoms with van der Waals surface area (Å²) in [6.45, 7) is 5.73. The Kier molecular flexibility index (Phi) is 3.67. The third-order valence-electron chi connectivity index (χ3n) is 3.13. The highest BCUT2D eigenvalue weighted by molar-refractivity contribution is 5.49. The highest BCUT2D eigenvalue weighted by Gasteiger charge is 2.21. The number of ether oxygens (including phenoxy) is 1. The van der Waals surface area contributed by atoms with Gasteiger partial charge in [-0.2, -0.15) is 0 Å². The van der Waals surface area contributed by atoms with Crippen molar-refractivity contribution in [2.75, 3.05) is 31.1 Å². The van der Waals surface area contributed by atoms with Crippen molar-refractivity contribution in [2.24, 2.45) is 11.7 Å². The van der Waals surface area contributed by atoms with Gasteiger partial charge in [0.2, 0.25) is 0 Å². The molecule has 3 heteroatoms. The molecule has 1 heterocycles. The van der Waals surface area contributed by atoms with Gasteiger partial charge < -0.3 is 15.4 Å². The average molecular weight is 220 g/mol. The number of anilines is 1. The van der Waals surface area contributed by atoms with Crippen LogP contribution in [0.2, 0.25) is 0 Å². The molecular weight excluding hydrogens is 200 g/mol. The van der Waals surface area contributed by atoms with Crippen molar-refractivity contribution in [2.45, 2.75) is 13.3 Å². The maximum Gasteiger partial charge on any atom is 0.119 e. The first kappa shape index (κ1) is 11.3. The Morgan fingerprint density at radius 2 is 2.12 bits per heavy atom. The number of benzene rings is 1. The SMILES string of the molecule is CCOc1ccc(N2CCC(CN)C2)cc1. The third kappa shape index (κ3) is 2.47. The van der Waals surface area contributed by atoms with E-state index in [4.69, 9.17) is 10.5 Å². The molecule has 1 aliphatic heterocycles. The number of hydrogen-bond donors (Lipinski definition) is 1. The molecule has 3 nitrogen and oxygen atoms in total. The molecule has 1 unspecified atom stereocenters. The summed E-state index contributed by atoms with van der Waals surface area (Å²) in [5.41, 5.74) is 6.97. The van der Waals surface area contributed by atoms with Crippen molar-refractivity contribution >= 4 is 5.69 Å². The van der Waals surface area contributed by atoms with E-state index in [-0.39, 0.29) is 0 Å². The van der Waals surface area contributed by atoms with Gasteiger partial charge >= 0.3 is 0 Å². The van der Waals surface area contributed by atoms with Crippen molar-refractivity contribution in [1.29, 1.82) is 0 Å². The van der Waals surface area contributed by atoms with Gasteiger partial charge in [0.25, 0.3) is 0 Å². The van der Waals surface area contributed by atoms with E-state index in [1.54, 1.807) is 0 Å². The summed E-state index contributed by atoms with van der Waals surface area (Å²) in [5, 5.41) is 0. The van der Waals surface area contributed by atoms with Crippen molar-refractivity contribution in [1.82, 2.24) is 0 Å². The maximum atomic E-state index is 5.69. The van der Waals surface area contributed by atoms with E-state index >= 15 is 0 Å². The summed E-state index contributed by atoms with van der Waals surface area (Å²) in [4.78, 5) is 2.40. The van der Waals surface area contributed by atoms with E-state index in [0.717, 1.165) is 32.0 Å². The summed E-state index contributed by atoms with van der Waals surface area (Å²) >= 11 is 0. The highest BCUT2D eigenvalue weighted by atomic mass is 16.5. The highest BCUT2D eigenvalue weighted by Crippen LogP contribution is 2.25. The van der Waals surface area contributed by atoms with Crippen molar-refractivity contribution in [3.63, 3.8) is 0 Å². The second-order valence-electron chi connectivity index (χ2n) is 4.26. The first-order valence-corrected chi connectivity index (χ1v) is 6.01. The lowest BCUT2D eigenvalue weighted by molar-refractivity contribution is 0.340. The predicted molar refractivity (Wildman–Crippen MR) is 67.0 cm³/mol. The summed E-state index contributed by atoms with van der Waals surface area (Å²) in [6, 6.07) is 8.33. The van der Waals surface area contributed by atoms with Crippen LogP contribution in [0, 0.1) is 5.92 Å². The monoisotopic (exact) mass is 220 g/mol. The minimum absolute atomic E-state index is 0.659. The van der Waals surface area contributed by atoms with Gasteiger partial charge in [-0.3, -0.25) is 0 Å². The van der Waals surface area contributed by atoms with Gasteiger partial charge in [-0.25, -0.2) is 0 Å². The van der Waals surface area contributed by atoms with Crippen LogP contribution < -0.4 is 15.4 Å². The van der Waals surface area contributed by atoms with Crippen molar-refractivity contribution in [3.05, 3.63) is 24.3 Å². The Morgan fingerprint density at radius 1 is 1.38 bits per heavy atom. The zero-order valence-electron chi connectivity index (χ0n) is 9.86. The fourth-order valence-electron chi connectivity index (χ4n) is 2.18. The third-order valence-corrected chi connectivity index (χ3v) is 3.13. The Hall–Kier alpha value is -1.22. The molecule has 0 amide bonds. The molecule has 0 bridgehead atoms. The van der Waals surface area contributed by atoms with Gasteiger partial charge in [-0.15, -0.1) is 0 Å². The molecule has 2 N–H and O–H groups in total. The molecule has 1 atom stereocenters. The van der Waals surface area contributed by atoms with Crippen LogP contribution in [0.25, 0.3) is 0 Å². The zero-order chi connectivity index (χ0) is 11.4. The summed E-state index contributed by atoms with van der Waals surface area (Å²) < 4.78 is 5.43. The maximum absolute atomic E-state index is 5.69. The molecule has 1 saturated heterocycles. The van der Waals surface area contributed by atoms with Crippen LogP contribution in [0.3, 0.4) is 0 Å². The summed E-state index contributed by atoms with van der Waals surface area (Å²) in [5.74, 6) is 1.60. The Bertz CT molecular complexity index is 323. The van der Waals surface area contributed by atoms with E-state index in [1.165, 1.54) is 12.1 Å². The Balaban J connectivity index is 1.99. The fourth-order valence-corrected chi connectivity index (χ4v) is 2.18. The molecule has 16 heavy (non-hydrogen) atoms. The topological polar surface area (TPSA) is 38.5 Å². The van der Waals surface area contributed by atoms with E-state index in [0.29, 0.717) is 5.92 Å². The van der Waals surface area contributed by atoms with E-state index < -0.39 is 0 Å². The van der Waals surface area contributed by atoms with Gasteiger partial charge in [-0.05, 0) is 50.1 Å². The first-order chi connectivity index (χ1) is 7.83. The largest absolute Gasteiger partial charge is 0.494 e. The summed E-state index contributed by atoms with van der Waals surface area (Å²) in [6.07, 6.45) is 1.21. The van der Waals surface area contributed by atoms with Crippen LogP contribution in [0.15, 0.2) is 24.3 Å². The minimum atomic E-state index is 0.659. The van der Waals surface area contributed by atoms with Gasteiger partial charge in [-0.1, -0.05) is 0 Å². The van der Waals surface area contributed by atoms with Crippen LogP contribution >= 0.6 is 0 Å². The molecule has 2 rings (SSSR count). The van der Waals surface area contributed by atoms with Gasteiger partial charge in [0.15, 0.2) is 0 Å². The average Bonchev–Trinajstić information content (AvgIpc) is 2.79. The standard InChI is InChI=1S/C13H20N2O/c1-2-16-13-5-3-12(4-6-13)15-8-7-11(9-14)10-15/h3-6,11H,2,7-10,14H2,1H3. The lowest BCUT2D eigenvalue weighted by atomic mass is 10.1. The molecule has 0 saturated carbocycles. The molecule has 0 radical (unpaired) electrons. The van der Waals surface area contributed by atoms with Crippen molar-refractivity contribution in [3.8, 4) is 5.75 Å². The first-order valence-electron chi connectivity index (χ1n) is 6.01. The number of hydrogen-bond acceptors (Lipinski definition) is 3. The van der Waals surface area contributed by atoms with E-state index in [9.17, 15) is 0 Å². The van der Waals surface area contributed by atoms with E-state index in [1.807, 2.05) is 19.1 Å². The molecule has 1 aromatic carbocycles. The molecule has 0 aliphatic carbocycles. The molecule has 88 valence electrons. The van der Waals surface area contributed by atoms with Gasteiger partial charge in [0.05, 0.1) is 6.61 Å². The fraction of sp³-hybridized carbons (Fsp3) is 0.538. The van der Waals surface area contributed by atoms with Crippen LogP contribution in [0.5, 0.6) is 5.75 Å². The lowest BCUT2D eigenvalue weighted by Crippen LogP contribution is -2.22. The number of nitrogens with zero attached hydrogens (tertiary/aromatic N) is 1. The normalized spacial score (nSPS) is 20.1. The molecule has 1 aliphatic rings. The smallest absolute Gasteiger partial charge is 0.119 e. The molecule has 1 fully saturated rings. The number of nitrogens with two attached hydrogens (primary N) is 1. The van der Waals surface area contributed by atoms with Crippen molar-refractivity contribution < 1.29 is 4.74 Å². The second-order valence-corrected chi connectivity index (χ2v) is 4.26. The lowest BCUT2D eigenvalue weighted by Gasteiger charge is -2.18. The van der Waals surface area contributed by atoms with Crippen LogP contribution in [0.1, 0.15) is 13.3 Å². The molecule has 1 aromatic rings. The second kappa shape index (κ2) is 5.21. The Morgan fingerprint density at radius 3 is 2.69 bits per heavy atom. The molecule has 0 aromatic heterocycles. The summed E-state index contributed by atoms with van der Waals surface area (Å²) in [7, 11) is 0. The molecule has 0 spiro atoms. The minimum Gasteiger partial charge on any atom is -0.494 e. The zero-order valence-corrected chi connectivity index (χ0v) is 9.86. The van der Waals surface area contributed by atoms with Crippen LogP contribution in [-0.4, -0.2) is 26.2 Å².